The molecule has 0 spiro atoms. The fourth-order valence-electron chi connectivity index (χ4n) is 2.81. The molecule has 1 aromatic heterocycles. The Hall–Kier alpha value is -3.19. The van der Waals surface area contributed by atoms with E-state index in [9.17, 15) is 30.0 Å². The lowest BCUT2D eigenvalue weighted by atomic mass is 10.2. The number of alkyl halides is 3. The van der Waals surface area contributed by atoms with Crippen LogP contribution >= 0.6 is 0 Å². The largest absolute Gasteiger partial charge is 0.416 e. The average molecular weight is 501 g/mol. The highest BCUT2D eigenvalue weighted by Crippen LogP contribution is 2.31. The first-order valence-electron chi connectivity index (χ1n) is 9.40. The van der Waals surface area contributed by atoms with E-state index >= 15 is 0 Å². The second kappa shape index (κ2) is 8.98. The van der Waals surface area contributed by atoms with E-state index in [1.165, 1.54) is 43.3 Å². The van der Waals surface area contributed by atoms with Crippen molar-refractivity contribution in [2.45, 2.75) is 22.9 Å². The van der Waals surface area contributed by atoms with Crippen LogP contribution in [0.2, 0.25) is 0 Å². The molecular formula is C20H19F3N4O4S2. The van der Waals surface area contributed by atoms with Gasteiger partial charge in [-0.1, -0.05) is 6.92 Å². The monoisotopic (exact) mass is 500 g/mol. The summed E-state index contributed by atoms with van der Waals surface area (Å²) in [4.78, 5) is 7.80. The maximum Gasteiger partial charge on any atom is 0.416 e. The zero-order valence-electron chi connectivity index (χ0n) is 17.4. The molecule has 2 N–H and O–H groups in total. The van der Waals surface area contributed by atoms with Crippen molar-refractivity contribution in [1.29, 1.82) is 0 Å². The molecule has 0 fully saturated rings. The summed E-state index contributed by atoms with van der Waals surface area (Å²) >= 11 is 0. The van der Waals surface area contributed by atoms with Crippen LogP contribution in [-0.2, 0) is 25.9 Å². The number of benzene rings is 2. The van der Waals surface area contributed by atoms with E-state index in [4.69, 9.17) is 0 Å². The van der Waals surface area contributed by atoms with Crippen LogP contribution in [0.5, 0.6) is 0 Å². The van der Waals surface area contributed by atoms with Gasteiger partial charge in [-0.3, -0.25) is 0 Å². The minimum absolute atomic E-state index is 0.00575. The number of nitrogens with zero attached hydrogens (tertiary/aromatic N) is 2. The van der Waals surface area contributed by atoms with Crippen molar-refractivity contribution in [3.63, 3.8) is 0 Å². The number of nitrogens with one attached hydrogen (secondary N) is 2. The Bertz CT molecular complexity index is 1380. The van der Waals surface area contributed by atoms with Crippen molar-refractivity contribution in [3.8, 4) is 0 Å². The van der Waals surface area contributed by atoms with Gasteiger partial charge < -0.3 is 10.6 Å². The minimum Gasteiger partial charge on any atom is -0.340 e. The zero-order chi connectivity index (χ0) is 24.4. The third-order valence-electron chi connectivity index (χ3n) is 4.50. The van der Waals surface area contributed by atoms with E-state index in [0.717, 1.165) is 24.7 Å². The van der Waals surface area contributed by atoms with E-state index in [1.54, 1.807) is 0 Å². The van der Waals surface area contributed by atoms with E-state index < -0.39 is 31.4 Å². The molecule has 176 valence electrons. The van der Waals surface area contributed by atoms with Crippen LogP contribution in [0.15, 0.2) is 64.6 Å². The maximum absolute atomic E-state index is 12.7. The van der Waals surface area contributed by atoms with Crippen molar-refractivity contribution in [3.05, 3.63) is 60.4 Å². The highest BCUT2D eigenvalue weighted by Gasteiger charge is 2.30. The minimum atomic E-state index is -4.46. The van der Waals surface area contributed by atoms with Crippen LogP contribution in [0.1, 0.15) is 12.5 Å². The predicted octanol–water partition coefficient (Wildman–Crippen LogP) is 4.18. The van der Waals surface area contributed by atoms with Gasteiger partial charge in [-0.25, -0.2) is 26.8 Å². The van der Waals surface area contributed by atoms with Crippen LogP contribution in [0.4, 0.5) is 36.2 Å². The first kappa shape index (κ1) is 24.5. The van der Waals surface area contributed by atoms with Gasteiger partial charge in [0, 0.05) is 18.0 Å². The van der Waals surface area contributed by atoms with E-state index in [1.807, 2.05) is 0 Å². The van der Waals surface area contributed by atoms with Gasteiger partial charge in [0.05, 0.1) is 26.8 Å². The molecule has 0 aliphatic carbocycles. The van der Waals surface area contributed by atoms with Crippen LogP contribution < -0.4 is 10.6 Å². The number of anilines is 4. The van der Waals surface area contributed by atoms with Crippen molar-refractivity contribution >= 4 is 42.7 Å². The Kier molecular flexibility index (Phi) is 6.65. The number of rotatable bonds is 7. The van der Waals surface area contributed by atoms with Crippen molar-refractivity contribution in [2.75, 3.05) is 22.6 Å². The Labute approximate surface area is 188 Å². The van der Waals surface area contributed by atoms with Gasteiger partial charge in [-0.15, -0.1) is 0 Å². The van der Waals surface area contributed by atoms with Gasteiger partial charge >= 0.3 is 6.18 Å². The first-order valence-corrected chi connectivity index (χ1v) is 12.9. The molecule has 8 nitrogen and oxygen atoms in total. The van der Waals surface area contributed by atoms with Gasteiger partial charge in [-0.2, -0.15) is 13.2 Å². The van der Waals surface area contributed by atoms with Gasteiger partial charge in [-0.05, 0) is 42.5 Å². The lowest BCUT2D eigenvalue weighted by Gasteiger charge is -2.13. The quantitative estimate of drug-likeness (QED) is 0.496. The van der Waals surface area contributed by atoms with Gasteiger partial charge in [0.15, 0.2) is 19.7 Å². The van der Waals surface area contributed by atoms with Crippen molar-refractivity contribution < 1.29 is 30.0 Å². The summed E-state index contributed by atoms with van der Waals surface area (Å²) in [5, 5.41) is 5.61. The number of sulfone groups is 2. The lowest BCUT2D eigenvalue weighted by molar-refractivity contribution is -0.137. The van der Waals surface area contributed by atoms with Crippen LogP contribution in [0, 0.1) is 0 Å². The molecule has 0 saturated heterocycles. The predicted molar refractivity (Wildman–Crippen MR) is 117 cm³/mol. The maximum atomic E-state index is 12.7. The van der Waals surface area contributed by atoms with Crippen LogP contribution in [-0.4, -0.2) is 38.8 Å². The molecule has 0 atom stereocenters. The van der Waals surface area contributed by atoms with Crippen LogP contribution in [0.25, 0.3) is 0 Å². The third kappa shape index (κ3) is 5.99. The van der Waals surface area contributed by atoms with Gasteiger partial charge in [0.1, 0.15) is 18.0 Å². The van der Waals surface area contributed by atoms with Gasteiger partial charge in [0.2, 0.25) is 0 Å². The summed E-state index contributed by atoms with van der Waals surface area (Å²) in [6.07, 6.45) is -2.32. The molecular weight excluding hydrogens is 481 g/mol. The highest BCUT2D eigenvalue weighted by molar-refractivity contribution is 7.91. The SMILES string of the molecule is CCS(=O)(=O)c1ccc(S(C)(=O)=O)c(Nc2cc(Nc3ccc(C(F)(F)F)cc3)ncn2)c1. The molecule has 0 unspecified atom stereocenters. The number of hydrogen-bond donors (Lipinski definition) is 2. The molecule has 33 heavy (non-hydrogen) atoms. The van der Waals surface area contributed by atoms with E-state index in [0.29, 0.717) is 5.69 Å². The topological polar surface area (TPSA) is 118 Å². The van der Waals surface area contributed by atoms with E-state index in [-0.39, 0.29) is 32.9 Å². The second-order valence-corrected chi connectivity index (χ2v) is 11.2. The Morgan fingerprint density at radius 2 is 1.48 bits per heavy atom. The lowest BCUT2D eigenvalue weighted by Crippen LogP contribution is -2.08. The van der Waals surface area contributed by atoms with Gasteiger partial charge in [0.25, 0.3) is 0 Å². The van der Waals surface area contributed by atoms with E-state index in [2.05, 4.69) is 20.6 Å². The molecule has 0 saturated carbocycles. The number of aromatic nitrogens is 2. The smallest absolute Gasteiger partial charge is 0.340 e. The molecule has 1 heterocycles. The third-order valence-corrected chi connectivity index (χ3v) is 7.39. The molecule has 0 bridgehead atoms. The fraction of sp³-hybridized carbons (Fsp3) is 0.200. The Morgan fingerprint density at radius 1 is 0.879 bits per heavy atom. The molecule has 3 aromatic rings. The normalized spacial score (nSPS) is 12.4. The summed E-state index contributed by atoms with van der Waals surface area (Å²) in [5.74, 6) is 0.181. The molecule has 0 radical (unpaired) electrons. The molecule has 13 heteroatoms. The summed E-state index contributed by atoms with van der Waals surface area (Å²) in [7, 11) is -7.30. The summed E-state index contributed by atoms with van der Waals surface area (Å²) in [6.45, 7) is 1.47. The number of hydrogen-bond acceptors (Lipinski definition) is 8. The first-order chi connectivity index (χ1) is 15.3. The molecule has 2 aromatic carbocycles. The van der Waals surface area contributed by atoms with Crippen molar-refractivity contribution in [2.24, 2.45) is 0 Å². The fourth-order valence-corrected chi connectivity index (χ4v) is 4.54. The molecule has 3 rings (SSSR count). The molecule has 0 aliphatic rings. The Morgan fingerprint density at radius 3 is 2.03 bits per heavy atom. The molecule has 0 amide bonds. The Balaban J connectivity index is 1.92. The molecule has 0 aliphatic heterocycles. The highest BCUT2D eigenvalue weighted by atomic mass is 32.2. The summed E-state index contributed by atoms with van der Waals surface area (Å²) in [5.41, 5.74) is -0.458. The average Bonchev–Trinajstić information content (AvgIpc) is 2.73. The zero-order valence-corrected chi connectivity index (χ0v) is 19.0. The number of halogens is 3. The summed E-state index contributed by atoms with van der Waals surface area (Å²) in [6, 6.07) is 9.32. The second-order valence-electron chi connectivity index (χ2n) is 6.95. The van der Waals surface area contributed by atoms with Crippen LogP contribution in [0.3, 0.4) is 0 Å². The van der Waals surface area contributed by atoms with Crippen molar-refractivity contribution in [1.82, 2.24) is 9.97 Å². The standard InChI is InChI=1S/C20H19F3N4O4S2/c1-3-33(30,31)15-8-9-17(32(2,28)29)16(10-15)27-19-11-18(24-12-25-19)26-14-6-4-13(5-7-14)20(21,22)23/h4-12H,3H2,1-2H3,(H2,24,25,26,27). The summed E-state index contributed by atoms with van der Waals surface area (Å²) < 4.78 is 86.9.